The third kappa shape index (κ3) is 60.8. The molecule has 0 saturated carbocycles. The lowest BCUT2D eigenvalue weighted by Gasteiger charge is -2.32. The molecule has 0 aliphatic carbocycles. The van der Waals surface area contributed by atoms with Crippen molar-refractivity contribution >= 4 is 62.1 Å². The largest absolute Gasteiger partial charge is 0.661 e. The van der Waals surface area contributed by atoms with Crippen LogP contribution in [-0.4, -0.2) is 172 Å². The van der Waals surface area contributed by atoms with Gasteiger partial charge in [-0.3, -0.25) is 0 Å². The fourth-order valence-electron chi connectivity index (χ4n) is 2.59. The van der Waals surface area contributed by atoms with E-state index in [0.717, 1.165) is 20.3 Å². The first-order valence-corrected chi connectivity index (χ1v) is 31.3. The van der Waals surface area contributed by atoms with E-state index in [9.17, 15) is 14.4 Å². The molecule has 0 radical (unpaired) electrons. The molecule has 0 rings (SSSR count). The summed E-state index contributed by atoms with van der Waals surface area (Å²) in [4.78, 5) is 71.6. The molecule has 11 N–H and O–H groups in total. The molecule has 3 unspecified atom stereocenters. The average Bonchev–Trinajstić information content (AvgIpc) is 2.89. The number of aliphatic hydroxyl groups excluding tert-OH is 1. The van der Waals surface area contributed by atoms with Gasteiger partial charge in [0.1, 0.15) is 0 Å². The highest BCUT2D eigenvalue weighted by Gasteiger charge is 2.55. The van der Waals surface area contributed by atoms with Crippen LogP contribution in [0.4, 0.5) is 0 Å². The first-order chi connectivity index (χ1) is 22.1. The molecule has 0 aliphatic rings. The Hall–Kier alpha value is 0.718. The molecule has 20 nitrogen and oxygen atoms in total. The van der Waals surface area contributed by atoms with Crippen LogP contribution in [0.1, 0.15) is 48.5 Å². The summed E-state index contributed by atoms with van der Waals surface area (Å²) in [5.41, 5.74) is 0. The monoisotopic (exact) mass is 866 g/mol. The zero-order chi connectivity index (χ0) is 40.6. The molecule has 50 heavy (non-hydrogen) atoms. The molecule has 314 valence electrons. The van der Waals surface area contributed by atoms with Crippen molar-refractivity contribution in [3.05, 3.63) is 0 Å². The predicted molar refractivity (Wildman–Crippen MR) is 203 cm³/mol. The summed E-state index contributed by atoms with van der Waals surface area (Å²) in [7, 11) is -18.8. The first kappa shape index (κ1) is 65.6. The normalized spacial score (nSPS) is 14.8. The molecule has 0 spiro atoms. The quantitative estimate of drug-likeness (QED) is 0.0693. The minimum atomic E-state index is -4.21. The smallest absolute Gasteiger partial charge is 0.412 e. The maximum atomic E-state index is 10.1. The maximum Gasteiger partial charge on any atom is 0.661 e. The van der Waals surface area contributed by atoms with Crippen LogP contribution in [0.5, 0.6) is 0 Å². The minimum absolute atomic E-state index is 0. The third-order valence-corrected chi connectivity index (χ3v) is 15.7. The number of hydrogen-bond donors (Lipinski definition) is 9. The Labute approximate surface area is 308 Å². The highest BCUT2D eigenvalue weighted by molar-refractivity contribution is 6.75. The standard InChI is InChI=1S/C7H22O8Si3.C6H16O2Si.C4H12O2Si.C3H10O3Si.C2H8O3Si.CH4O.H2O/c1-6-12-17(5,9)15-18(10,13-7-2)14-16(4,8)11-3;1-5-7-9(3,4)8-6-2;1-4-6-7(2,3)5;1-3-6-7(2,4)5;1-2-5-6(3)4;1-2;/h8-10H,6-7H2,1-5H3;5-6H2,1-4H3;5H,4H2,1-3H3;4-5H,3H2,1-2H3;3-4,6H,2H2,1H3;2H,1H3;1H2. The second-order valence-corrected chi connectivity index (χ2v) is 26.8. The lowest BCUT2D eigenvalue weighted by molar-refractivity contribution is 0.0224. The van der Waals surface area contributed by atoms with Crippen LogP contribution in [0.25, 0.3) is 0 Å². The van der Waals surface area contributed by atoms with E-state index in [4.69, 9.17) is 63.9 Å². The summed E-state index contributed by atoms with van der Waals surface area (Å²) < 4.78 is 49.3. The van der Waals surface area contributed by atoms with E-state index in [1.165, 1.54) is 26.8 Å². The van der Waals surface area contributed by atoms with Crippen molar-refractivity contribution in [1.29, 1.82) is 0 Å². The van der Waals surface area contributed by atoms with Crippen LogP contribution in [0.3, 0.4) is 0 Å². The van der Waals surface area contributed by atoms with Gasteiger partial charge in [-0.05, 0) is 74.7 Å². The number of hydrogen-bond acceptors (Lipinski definition) is 19. The van der Waals surface area contributed by atoms with Crippen molar-refractivity contribution in [3.8, 4) is 0 Å². The van der Waals surface area contributed by atoms with E-state index in [1.54, 1.807) is 40.8 Å². The summed E-state index contributed by atoms with van der Waals surface area (Å²) in [6, 6.07) is 0. The molecule has 0 amide bonds. The molecule has 0 bridgehead atoms. The summed E-state index contributed by atoms with van der Waals surface area (Å²) in [6.45, 7) is 27.3. The van der Waals surface area contributed by atoms with E-state index in [2.05, 4.69) is 21.9 Å². The molecule has 0 aliphatic heterocycles. The van der Waals surface area contributed by atoms with E-state index in [1.807, 2.05) is 20.8 Å². The number of rotatable bonds is 19. The van der Waals surface area contributed by atoms with Gasteiger partial charge in [-0.15, -0.1) is 0 Å². The molecule has 0 aromatic carbocycles. The second kappa shape index (κ2) is 36.7. The molecule has 27 heteroatoms. The van der Waals surface area contributed by atoms with Gasteiger partial charge in [0, 0.05) is 80.1 Å². The molecule has 0 saturated heterocycles. The highest BCUT2D eigenvalue weighted by atomic mass is 28.5. The van der Waals surface area contributed by atoms with Crippen LogP contribution in [0.2, 0.25) is 45.8 Å². The van der Waals surface area contributed by atoms with Crippen molar-refractivity contribution in [3.63, 3.8) is 0 Å². The van der Waals surface area contributed by atoms with Crippen molar-refractivity contribution in [1.82, 2.24) is 0 Å². The van der Waals surface area contributed by atoms with Crippen molar-refractivity contribution < 1.29 is 92.6 Å². The lowest BCUT2D eigenvalue weighted by atomic mass is 10.9. The first-order valence-electron chi connectivity index (χ1n) is 15.7. The van der Waals surface area contributed by atoms with Gasteiger partial charge < -0.3 is 92.6 Å². The molecular weight excluding hydrogens is 793 g/mol. The summed E-state index contributed by atoms with van der Waals surface area (Å²) in [5.74, 6) is 0. The van der Waals surface area contributed by atoms with Crippen molar-refractivity contribution in [2.24, 2.45) is 0 Å². The van der Waals surface area contributed by atoms with Crippen LogP contribution in [-0.2, 0) is 43.6 Å². The molecular formula is C23H74O20Si7. The minimum Gasteiger partial charge on any atom is -0.412 e. The Morgan fingerprint density at radius 3 is 1.00 bits per heavy atom. The van der Waals surface area contributed by atoms with Crippen LogP contribution >= 0.6 is 0 Å². The Bertz CT molecular complexity index is 665. The second-order valence-electron chi connectivity index (χ2n) is 9.89. The molecule has 0 fully saturated rings. The fraction of sp³-hybridized carbons (Fsp3) is 1.00. The Morgan fingerprint density at radius 1 is 0.480 bits per heavy atom. The van der Waals surface area contributed by atoms with Gasteiger partial charge in [-0.2, -0.15) is 0 Å². The van der Waals surface area contributed by atoms with Gasteiger partial charge >= 0.3 is 62.1 Å². The zero-order valence-electron chi connectivity index (χ0n) is 33.1. The van der Waals surface area contributed by atoms with Crippen molar-refractivity contribution in [2.75, 3.05) is 60.5 Å². The van der Waals surface area contributed by atoms with E-state index in [0.29, 0.717) is 19.8 Å². The molecule has 3 atom stereocenters. The lowest BCUT2D eigenvalue weighted by Crippen LogP contribution is -2.61. The third-order valence-electron chi connectivity index (χ3n) is 3.97. The van der Waals surface area contributed by atoms with Gasteiger partial charge in [0.05, 0.1) is 0 Å². The van der Waals surface area contributed by atoms with E-state index in [-0.39, 0.29) is 18.7 Å². The number of aliphatic hydroxyl groups is 1. The Morgan fingerprint density at radius 2 is 0.820 bits per heavy atom. The van der Waals surface area contributed by atoms with Gasteiger partial charge in [0.15, 0.2) is 0 Å². The Balaban J connectivity index is -0.0000000980. The SMILES string of the molecule is CCO[SiH](O)O.CCO[Si](C)(C)O.CCO[Si](C)(C)OCC.CCO[Si](C)(O)O.CCO[Si](C)(O)O[Si](O)(OCC)O[Si](C)(O)OC.CO.O. The van der Waals surface area contributed by atoms with Crippen LogP contribution < -0.4 is 0 Å². The zero-order valence-corrected chi connectivity index (χ0v) is 40.3. The summed E-state index contributed by atoms with van der Waals surface area (Å²) in [5, 5.41) is 7.00. The predicted octanol–water partition coefficient (Wildman–Crippen LogP) is -1.15. The van der Waals surface area contributed by atoms with Gasteiger partial charge in [0.25, 0.3) is 0 Å². The van der Waals surface area contributed by atoms with Crippen LogP contribution in [0, 0.1) is 0 Å². The fourth-order valence-corrected chi connectivity index (χ4v) is 11.9. The van der Waals surface area contributed by atoms with Gasteiger partial charge in [-0.25, -0.2) is 0 Å². The Kier molecular flexibility index (Phi) is 48.1. The average molecular weight is 867 g/mol. The summed E-state index contributed by atoms with van der Waals surface area (Å²) >= 11 is 0. The van der Waals surface area contributed by atoms with Crippen molar-refractivity contribution in [2.45, 2.75) is 94.3 Å². The van der Waals surface area contributed by atoms with Gasteiger partial charge in [0.2, 0.25) is 0 Å². The van der Waals surface area contributed by atoms with Crippen LogP contribution in [0.15, 0.2) is 0 Å². The topological polar surface area (TPSA) is 306 Å². The highest BCUT2D eigenvalue weighted by Crippen LogP contribution is 2.18. The summed E-state index contributed by atoms with van der Waals surface area (Å²) in [6.07, 6.45) is 0. The maximum absolute atomic E-state index is 10.1. The van der Waals surface area contributed by atoms with E-state index < -0.39 is 62.1 Å². The molecule has 0 aromatic heterocycles. The molecule has 0 aromatic rings. The van der Waals surface area contributed by atoms with Gasteiger partial charge in [-0.1, -0.05) is 0 Å². The molecule has 0 heterocycles. The van der Waals surface area contributed by atoms with E-state index >= 15 is 0 Å².